The summed E-state index contributed by atoms with van der Waals surface area (Å²) >= 11 is 5.97. The molecule has 1 saturated heterocycles. The number of benzene rings is 2. The van der Waals surface area contributed by atoms with Gasteiger partial charge >= 0.3 is 0 Å². The van der Waals surface area contributed by atoms with Gasteiger partial charge in [0, 0.05) is 18.1 Å². The predicted molar refractivity (Wildman–Crippen MR) is 127 cm³/mol. The molecule has 3 heterocycles. The molecule has 184 valence electrons. The fourth-order valence-electron chi connectivity index (χ4n) is 4.68. The molecule has 0 spiro atoms. The summed E-state index contributed by atoms with van der Waals surface area (Å²) in [6.07, 6.45) is 0. The molecule has 1 amide bonds. The molecular formula is C23H23ClFN5O4S. The molecule has 0 radical (unpaired) electrons. The van der Waals surface area contributed by atoms with Crippen LogP contribution in [0.4, 0.5) is 10.1 Å². The minimum Gasteiger partial charge on any atom is -0.420 e. The van der Waals surface area contributed by atoms with Gasteiger partial charge in [-0.25, -0.2) is 12.8 Å². The van der Waals surface area contributed by atoms with E-state index >= 15 is 4.39 Å². The van der Waals surface area contributed by atoms with Crippen molar-refractivity contribution >= 4 is 33.0 Å². The van der Waals surface area contributed by atoms with Crippen LogP contribution in [0.5, 0.6) is 0 Å². The van der Waals surface area contributed by atoms with Crippen molar-refractivity contribution in [1.82, 2.24) is 15.1 Å². The maximum atomic E-state index is 15.2. The average molecular weight is 520 g/mol. The van der Waals surface area contributed by atoms with Gasteiger partial charge in [0.15, 0.2) is 9.84 Å². The molecule has 2 aliphatic rings. The maximum Gasteiger partial charge on any atom is 0.250 e. The van der Waals surface area contributed by atoms with E-state index in [4.69, 9.17) is 21.8 Å². The van der Waals surface area contributed by atoms with Gasteiger partial charge in [-0.15, -0.1) is 10.2 Å². The van der Waals surface area contributed by atoms with Crippen molar-refractivity contribution < 1.29 is 22.0 Å². The Morgan fingerprint density at radius 1 is 1.23 bits per heavy atom. The van der Waals surface area contributed by atoms with Gasteiger partial charge in [-0.3, -0.25) is 4.79 Å². The highest BCUT2D eigenvalue weighted by Gasteiger charge is 2.43. The van der Waals surface area contributed by atoms with Crippen LogP contribution in [-0.2, 0) is 26.6 Å². The third kappa shape index (κ3) is 4.22. The highest BCUT2D eigenvalue weighted by molar-refractivity contribution is 7.91. The lowest BCUT2D eigenvalue weighted by atomic mass is 9.82. The molecular weight excluding hydrogens is 497 g/mol. The number of anilines is 1. The first-order valence-corrected chi connectivity index (χ1v) is 12.9. The number of hydrogen-bond acceptors (Lipinski definition) is 8. The standard InChI is InChI=1S/C23H23ClFN5O4S/c1-23(11-29(2)12-23)22-28-27-20(34-22)15-7-18-19(8-16(15)25)35(32,33)10-17(26)21(31)30(18)9-13-3-5-14(24)6-4-13/h3-8,17H,9-12,26H2,1-2H3/t17-/m0/s1. The topological polar surface area (TPSA) is 123 Å². The number of sulfone groups is 1. The Balaban J connectivity index is 1.62. The first-order valence-electron chi connectivity index (χ1n) is 10.9. The Morgan fingerprint density at radius 3 is 2.57 bits per heavy atom. The average Bonchev–Trinajstić information content (AvgIpc) is 3.25. The second-order valence-electron chi connectivity index (χ2n) is 9.38. The van der Waals surface area contributed by atoms with Crippen molar-refractivity contribution in [3.8, 4) is 11.5 Å². The largest absolute Gasteiger partial charge is 0.420 e. The number of amides is 1. The number of carbonyl (C=O) groups excluding carboxylic acids is 1. The van der Waals surface area contributed by atoms with E-state index < -0.39 is 33.4 Å². The lowest BCUT2D eigenvalue weighted by molar-refractivity contribution is -0.119. The number of nitrogens with two attached hydrogens (primary N) is 1. The minimum atomic E-state index is -4.05. The van der Waals surface area contributed by atoms with E-state index in [-0.39, 0.29) is 34.0 Å². The fourth-order valence-corrected chi connectivity index (χ4v) is 6.37. The first-order chi connectivity index (χ1) is 16.5. The van der Waals surface area contributed by atoms with E-state index in [1.54, 1.807) is 24.3 Å². The fraction of sp³-hybridized carbons (Fsp3) is 0.348. The van der Waals surface area contributed by atoms with Crippen LogP contribution < -0.4 is 10.6 Å². The molecule has 12 heteroatoms. The number of carbonyl (C=O) groups is 1. The van der Waals surface area contributed by atoms with Gasteiger partial charge in [0.25, 0.3) is 5.89 Å². The predicted octanol–water partition coefficient (Wildman–Crippen LogP) is 2.38. The zero-order valence-electron chi connectivity index (χ0n) is 19.0. The van der Waals surface area contributed by atoms with Gasteiger partial charge in [0.1, 0.15) is 5.82 Å². The maximum absolute atomic E-state index is 15.2. The van der Waals surface area contributed by atoms with Crippen LogP contribution in [0.25, 0.3) is 11.5 Å². The molecule has 1 fully saturated rings. The summed E-state index contributed by atoms with van der Waals surface area (Å²) < 4.78 is 47.1. The van der Waals surface area contributed by atoms with Crippen LogP contribution in [0.2, 0.25) is 5.02 Å². The summed E-state index contributed by atoms with van der Waals surface area (Å²) in [6, 6.07) is 7.59. The van der Waals surface area contributed by atoms with Gasteiger partial charge in [-0.1, -0.05) is 23.7 Å². The van der Waals surface area contributed by atoms with Crippen molar-refractivity contribution in [3.63, 3.8) is 0 Å². The third-order valence-electron chi connectivity index (χ3n) is 6.32. The number of nitrogens with zero attached hydrogens (tertiary/aromatic N) is 4. The van der Waals surface area contributed by atoms with E-state index in [0.717, 1.165) is 6.07 Å². The molecule has 2 aromatic carbocycles. The number of likely N-dealkylation sites (N-methyl/N-ethyl adjacent to an activating group) is 1. The highest BCUT2D eigenvalue weighted by atomic mass is 35.5. The lowest BCUT2D eigenvalue weighted by Gasteiger charge is -2.43. The van der Waals surface area contributed by atoms with Gasteiger partial charge in [0.2, 0.25) is 11.8 Å². The molecule has 35 heavy (non-hydrogen) atoms. The Hall–Kier alpha value is -2.86. The van der Waals surface area contributed by atoms with Crippen molar-refractivity contribution in [2.24, 2.45) is 5.73 Å². The van der Waals surface area contributed by atoms with Gasteiger partial charge in [-0.05, 0) is 43.8 Å². The molecule has 0 bridgehead atoms. The van der Waals surface area contributed by atoms with Crippen LogP contribution >= 0.6 is 11.6 Å². The van der Waals surface area contributed by atoms with Gasteiger partial charge < -0.3 is 20.0 Å². The summed E-state index contributed by atoms with van der Waals surface area (Å²) in [7, 11) is -2.09. The Morgan fingerprint density at radius 2 is 1.91 bits per heavy atom. The lowest BCUT2D eigenvalue weighted by Crippen LogP contribution is -2.55. The zero-order chi connectivity index (χ0) is 25.1. The Kier molecular flexibility index (Phi) is 5.71. The zero-order valence-corrected chi connectivity index (χ0v) is 20.6. The molecule has 5 rings (SSSR count). The van der Waals surface area contributed by atoms with Crippen molar-refractivity contribution in [3.05, 3.63) is 58.7 Å². The van der Waals surface area contributed by atoms with E-state index in [0.29, 0.717) is 29.6 Å². The molecule has 3 aromatic rings. The third-order valence-corrected chi connectivity index (χ3v) is 8.37. The summed E-state index contributed by atoms with van der Waals surface area (Å²) in [6.45, 7) is 3.40. The minimum absolute atomic E-state index is 0.00337. The first kappa shape index (κ1) is 23.9. The summed E-state index contributed by atoms with van der Waals surface area (Å²) in [5.74, 6) is -1.82. The normalized spacial score (nSPS) is 21.3. The van der Waals surface area contributed by atoms with Crippen LogP contribution in [-0.4, -0.2) is 61.4 Å². The molecule has 0 saturated carbocycles. The van der Waals surface area contributed by atoms with Crippen LogP contribution in [0.15, 0.2) is 45.7 Å². The molecule has 0 unspecified atom stereocenters. The highest BCUT2D eigenvalue weighted by Crippen LogP contribution is 2.38. The quantitative estimate of drug-likeness (QED) is 0.557. The molecule has 9 nitrogen and oxygen atoms in total. The van der Waals surface area contributed by atoms with E-state index in [2.05, 4.69) is 15.1 Å². The second kappa shape index (κ2) is 8.37. The molecule has 2 N–H and O–H groups in total. The number of fused-ring (bicyclic) bond motifs is 1. The number of halogens is 2. The number of hydrogen-bond donors (Lipinski definition) is 1. The van der Waals surface area contributed by atoms with Crippen LogP contribution in [0.3, 0.4) is 0 Å². The van der Waals surface area contributed by atoms with Crippen molar-refractivity contribution in [1.29, 1.82) is 0 Å². The number of aromatic nitrogens is 2. The van der Waals surface area contributed by atoms with E-state index in [1.165, 1.54) is 11.0 Å². The second-order valence-corrected chi connectivity index (χ2v) is 11.8. The molecule has 1 atom stereocenters. The van der Waals surface area contributed by atoms with Crippen molar-refractivity contribution in [2.45, 2.75) is 29.8 Å². The Bertz CT molecular complexity index is 1420. The Labute approximate surface area is 206 Å². The monoisotopic (exact) mass is 519 g/mol. The molecule has 1 aromatic heterocycles. The number of likely N-dealkylation sites (tertiary alicyclic amines) is 1. The van der Waals surface area contributed by atoms with Crippen molar-refractivity contribution in [2.75, 3.05) is 30.8 Å². The van der Waals surface area contributed by atoms with Gasteiger partial charge in [-0.2, -0.15) is 0 Å². The smallest absolute Gasteiger partial charge is 0.250 e. The van der Waals surface area contributed by atoms with E-state index in [1.807, 2.05) is 14.0 Å². The van der Waals surface area contributed by atoms with Gasteiger partial charge in [0.05, 0.1) is 39.9 Å². The molecule has 2 aliphatic heterocycles. The summed E-state index contributed by atoms with van der Waals surface area (Å²) in [4.78, 5) is 16.2. The molecule has 0 aliphatic carbocycles. The van der Waals surface area contributed by atoms with Crippen LogP contribution in [0, 0.1) is 5.82 Å². The summed E-state index contributed by atoms with van der Waals surface area (Å²) in [5, 5.41) is 8.63. The SMILES string of the molecule is CN1CC(C)(c2nnc(-c3cc4c(cc3F)S(=O)(=O)C[C@H](N)C(=O)N4Cc3ccc(Cl)cc3)o2)C1. The van der Waals surface area contributed by atoms with Crippen LogP contribution in [0.1, 0.15) is 18.4 Å². The number of rotatable bonds is 4. The summed E-state index contributed by atoms with van der Waals surface area (Å²) in [5.41, 5.74) is 6.18. The van der Waals surface area contributed by atoms with E-state index in [9.17, 15) is 13.2 Å².